The van der Waals surface area contributed by atoms with E-state index in [0.29, 0.717) is 11.8 Å². The number of rotatable bonds is 1. The van der Waals surface area contributed by atoms with E-state index in [2.05, 4.69) is 15.3 Å². The van der Waals surface area contributed by atoms with Crippen LogP contribution in [0.15, 0.2) is 10.6 Å². The van der Waals surface area contributed by atoms with Crippen molar-refractivity contribution in [3.05, 3.63) is 17.7 Å². The van der Waals surface area contributed by atoms with Crippen LogP contribution >= 0.6 is 0 Å². The molecular weight excluding hydrogens is 168 g/mol. The lowest BCUT2D eigenvalue weighted by atomic mass is 10.3. The van der Waals surface area contributed by atoms with Crippen molar-refractivity contribution in [2.45, 2.75) is 13.8 Å². The predicted octanol–water partition coefficient (Wildman–Crippen LogP) is 1.09. The summed E-state index contributed by atoms with van der Waals surface area (Å²) in [6.07, 6.45) is 1.77. The topological polar surface area (TPSA) is 56.7 Å². The van der Waals surface area contributed by atoms with Gasteiger partial charge in [0.25, 0.3) is 5.89 Å². The standard InChI is InChI=1S/C8H10N4O/c1-5-4-9-12(3)7(5)8-11-10-6(2)13-8/h4H,1-3H3. The molecule has 0 N–H and O–H groups in total. The van der Waals surface area contributed by atoms with Crippen molar-refractivity contribution in [2.75, 3.05) is 0 Å². The Bertz CT molecular complexity index is 410. The number of hydrogen-bond acceptors (Lipinski definition) is 4. The summed E-state index contributed by atoms with van der Waals surface area (Å²) in [7, 11) is 1.85. The quantitative estimate of drug-likeness (QED) is 0.655. The summed E-state index contributed by atoms with van der Waals surface area (Å²) in [5, 5.41) is 11.8. The molecule has 0 fully saturated rings. The number of aryl methyl sites for hydroxylation is 3. The zero-order chi connectivity index (χ0) is 9.42. The van der Waals surface area contributed by atoms with Crippen LogP contribution in [0.25, 0.3) is 11.6 Å². The van der Waals surface area contributed by atoms with Gasteiger partial charge in [0.1, 0.15) is 5.69 Å². The summed E-state index contributed by atoms with van der Waals surface area (Å²) in [4.78, 5) is 0. The molecule has 68 valence electrons. The molecule has 0 spiro atoms. The van der Waals surface area contributed by atoms with Gasteiger partial charge in [0, 0.05) is 14.0 Å². The number of hydrogen-bond donors (Lipinski definition) is 0. The van der Waals surface area contributed by atoms with Gasteiger partial charge in [-0.05, 0) is 12.5 Å². The van der Waals surface area contributed by atoms with Gasteiger partial charge in [0.05, 0.1) is 6.20 Å². The van der Waals surface area contributed by atoms with Crippen molar-refractivity contribution in [3.8, 4) is 11.6 Å². The molecule has 0 radical (unpaired) electrons. The largest absolute Gasteiger partial charge is 0.420 e. The van der Waals surface area contributed by atoms with E-state index in [-0.39, 0.29) is 0 Å². The molecule has 0 unspecified atom stereocenters. The van der Waals surface area contributed by atoms with E-state index in [0.717, 1.165) is 11.3 Å². The molecule has 0 atom stereocenters. The summed E-state index contributed by atoms with van der Waals surface area (Å²) in [6.45, 7) is 3.73. The summed E-state index contributed by atoms with van der Waals surface area (Å²) in [6, 6.07) is 0. The van der Waals surface area contributed by atoms with Gasteiger partial charge in [0.15, 0.2) is 0 Å². The Labute approximate surface area is 75.4 Å². The van der Waals surface area contributed by atoms with E-state index >= 15 is 0 Å². The van der Waals surface area contributed by atoms with Crippen LogP contribution in [0.1, 0.15) is 11.5 Å². The van der Waals surface area contributed by atoms with Crippen molar-refractivity contribution in [1.29, 1.82) is 0 Å². The highest BCUT2D eigenvalue weighted by Crippen LogP contribution is 2.20. The van der Waals surface area contributed by atoms with Gasteiger partial charge < -0.3 is 4.42 Å². The molecular formula is C8H10N4O. The maximum absolute atomic E-state index is 5.31. The van der Waals surface area contributed by atoms with Gasteiger partial charge in [-0.1, -0.05) is 0 Å². The average molecular weight is 178 g/mol. The second kappa shape index (κ2) is 2.69. The van der Waals surface area contributed by atoms with Crippen LogP contribution < -0.4 is 0 Å². The van der Waals surface area contributed by atoms with Crippen LogP contribution in [-0.4, -0.2) is 20.0 Å². The maximum Gasteiger partial charge on any atom is 0.266 e. The average Bonchev–Trinajstić information content (AvgIpc) is 2.60. The molecule has 0 saturated carbocycles. The zero-order valence-corrected chi connectivity index (χ0v) is 7.77. The van der Waals surface area contributed by atoms with Crippen LogP contribution in [0.2, 0.25) is 0 Å². The number of nitrogens with zero attached hydrogens (tertiary/aromatic N) is 4. The van der Waals surface area contributed by atoms with E-state index in [1.165, 1.54) is 0 Å². The first-order valence-corrected chi connectivity index (χ1v) is 3.97. The number of aromatic nitrogens is 4. The fourth-order valence-corrected chi connectivity index (χ4v) is 1.25. The van der Waals surface area contributed by atoms with Crippen molar-refractivity contribution in [3.63, 3.8) is 0 Å². The lowest BCUT2D eigenvalue weighted by Gasteiger charge is -1.95. The molecule has 2 rings (SSSR count). The SMILES string of the molecule is Cc1nnc(-c2c(C)cnn2C)o1. The molecule has 0 saturated heterocycles. The normalized spacial score (nSPS) is 10.7. The van der Waals surface area contributed by atoms with Gasteiger partial charge in [-0.3, -0.25) is 4.68 Å². The monoisotopic (exact) mass is 178 g/mol. The Hall–Kier alpha value is -1.65. The van der Waals surface area contributed by atoms with Crippen LogP contribution in [0, 0.1) is 13.8 Å². The molecule has 0 aromatic carbocycles. The molecule has 5 heteroatoms. The van der Waals surface area contributed by atoms with Crippen LogP contribution in [0.3, 0.4) is 0 Å². The fourth-order valence-electron chi connectivity index (χ4n) is 1.25. The molecule has 0 aliphatic heterocycles. The first-order valence-electron chi connectivity index (χ1n) is 3.97. The first-order chi connectivity index (χ1) is 6.18. The molecule has 2 heterocycles. The van der Waals surface area contributed by atoms with Gasteiger partial charge in [-0.2, -0.15) is 5.10 Å². The summed E-state index contributed by atoms with van der Waals surface area (Å²) in [5.41, 5.74) is 1.91. The Morgan fingerprint density at radius 2 is 2.08 bits per heavy atom. The van der Waals surface area contributed by atoms with Gasteiger partial charge in [-0.25, -0.2) is 0 Å². The van der Waals surface area contributed by atoms with E-state index in [4.69, 9.17) is 4.42 Å². The summed E-state index contributed by atoms with van der Waals surface area (Å²) in [5.74, 6) is 1.09. The summed E-state index contributed by atoms with van der Waals surface area (Å²) >= 11 is 0. The molecule has 5 nitrogen and oxygen atoms in total. The smallest absolute Gasteiger partial charge is 0.266 e. The minimum Gasteiger partial charge on any atom is -0.420 e. The van der Waals surface area contributed by atoms with E-state index in [1.54, 1.807) is 17.8 Å². The molecule has 2 aromatic rings. The second-order valence-corrected chi connectivity index (χ2v) is 2.93. The third kappa shape index (κ3) is 1.22. The minimum atomic E-state index is 0.523. The van der Waals surface area contributed by atoms with Crippen molar-refractivity contribution < 1.29 is 4.42 Å². The molecule has 0 amide bonds. The van der Waals surface area contributed by atoms with E-state index in [1.807, 2.05) is 14.0 Å². The van der Waals surface area contributed by atoms with Crippen LogP contribution in [-0.2, 0) is 7.05 Å². The zero-order valence-electron chi connectivity index (χ0n) is 7.77. The van der Waals surface area contributed by atoms with Gasteiger partial charge in [0.2, 0.25) is 5.89 Å². The fraction of sp³-hybridized carbons (Fsp3) is 0.375. The Morgan fingerprint density at radius 1 is 1.31 bits per heavy atom. The van der Waals surface area contributed by atoms with Crippen LogP contribution in [0.4, 0.5) is 0 Å². The van der Waals surface area contributed by atoms with Crippen molar-refractivity contribution >= 4 is 0 Å². The van der Waals surface area contributed by atoms with Gasteiger partial charge >= 0.3 is 0 Å². The molecule has 0 bridgehead atoms. The highest BCUT2D eigenvalue weighted by molar-refractivity contribution is 5.51. The third-order valence-electron chi connectivity index (χ3n) is 1.85. The van der Waals surface area contributed by atoms with Crippen molar-refractivity contribution in [1.82, 2.24) is 20.0 Å². The Kier molecular flexibility index (Phi) is 1.65. The minimum absolute atomic E-state index is 0.523. The van der Waals surface area contributed by atoms with E-state index < -0.39 is 0 Å². The highest BCUT2D eigenvalue weighted by atomic mass is 16.4. The Balaban J connectivity index is 2.57. The third-order valence-corrected chi connectivity index (χ3v) is 1.85. The highest BCUT2D eigenvalue weighted by Gasteiger charge is 2.13. The molecule has 2 aromatic heterocycles. The maximum atomic E-state index is 5.31. The van der Waals surface area contributed by atoms with E-state index in [9.17, 15) is 0 Å². The van der Waals surface area contributed by atoms with Crippen LogP contribution in [0.5, 0.6) is 0 Å². The predicted molar refractivity (Wildman–Crippen MR) is 46.0 cm³/mol. The summed E-state index contributed by atoms with van der Waals surface area (Å²) < 4.78 is 7.03. The van der Waals surface area contributed by atoms with Crippen molar-refractivity contribution in [2.24, 2.45) is 7.05 Å². The molecule has 13 heavy (non-hydrogen) atoms. The van der Waals surface area contributed by atoms with Gasteiger partial charge in [-0.15, -0.1) is 10.2 Å². The Morgan fingerprint density at radius 3 is 2.54 bits per heavy atom. The molecule has 0 aliphatic carbocycles. The first kappa shape index (κ1) is 7.97. The lowest BCUT2D eigenvalue weighted by Crippen LogP contribution is -1.94. The molecule has 0 aliphatic rings. The lowest BCUT2D eigenvalue weighted by molar-refractivity contribution is 0.526. The second-order valence-electron chi connectivity index (χ2n) is 2.93.